The average Bonchev–Trinajstić information content (AvgIpc) is 3.17. The van der Waals surface area contributed by atoms with Crippen molar-refractivity contribution in [2.24, 2.45) is 0 Å². The lowest BCUT2D eigenvalue weighted by molar-refractivity contribution is 0.288. The maximum Gasteiger partial charge on any atom is 0.129 e. The third-order valence-corrected chi connectivity index (χ3v) is 6.22. The summed E-state index contributed by atoms with van der Waals surface area (Å²) in [6, 6.07) is 13.0. The van der Waals surface area contributed by atoms with Crippen molar-refractivity contribution in [3.8, 4) is 17.0 Å². The molecule has 4 aromatic rings. The lowest BCUT2D eigenvalue weighted by atomic mass is 9.83. The highest BCUT2D eigenvalue weighted by atomic mass is 32.1. The van der Waals surface area contributed by atoms with Gasteiger partial charge in [0.15, 0.2) is 0 Å². The van der Waals surface area contributed by atoms with E-state index in [1.54, 1.807) is 29.9 Å². The SMILES string of the molecule is CN1Cc2c(ccc(-c3cnccn3)c2O)C(c2ccc3ccsc3c2)C1. The molecular weight excluding hydrogens is 354 g/mol. The van der Waals surface area contributed by atoms with Crippen LogP contribution in [-0.4, -0.2) is 33.6 Å². The molecule has 1 N–H and O–H groups in total. The van der Waals surface area contributed by atoms with Crippen molar-refractivity contribution in [2.75, 3.05) is 13.6 Å². The molecule has 5 rings (SSSR count). The molecule has 0 saturated heterocycles. The Morgan fingerprint density at radius 1 is 1.15 bits per heavy atom. The fourth-order valence-electron chi connectivity index (χ4n) is 4.01. The number of benzene rings is 2. The van der Waals surface area contributed by atoms with Crippen LogP contribution in [0.1, 0.15) is 22.6 Å². The highest BCUT2D eigenvalue weighted by Crippen LogP contribution is 2.42. The number of nitrogens with zero attached hydrogens (tertiary/aromatic N) is 3. The van der Waals surface area contributed by atoms with Gasteiger partial charge in [0.25, 0.3) is 0 Å². The van der Waals surface area contributed by atoms with E-state index < -0.39 is 0 Å². The molecule has 4 nitrogen and oxygen atoms in total. The minimum atomic E-state index is 0.243. The van der Waals surface area contributed by atoms with Gasteiger partial charge in [0.2, 0.25) is 0 Å². The summed E-state index contributed by atoms with van der Waals surface area (Å²) >= 11 is 1.77. The Labute approximate surface area is 161 Å². The number of phenolic OH excluding ortho intramolecular Hbond substituents is 1. The minimum absolute atomic E-state index is 0.243. The van der Waals surface area contributed by atoms with Gasteiger partial charge in [-0.1, -0.05) is 18.2 Å². The monoisotopic (exact) mass is 373 g/mol. The molecule has 3 heterocycles. The van der Waals surface area contributed by atoms with Gasteiger partial charge in [0.1, 0.15) is 5.75 Å². The van der Waals surface area contributed by atoms with E-state index in [9.17, 15) is 5.11 Å². The summed E-state index contributed by atoms with van der Waals surface area (Å²) in [5, 5.41) is 14.4. The minimum Gasteiger partial charge on any atom is -0.507 e. The van der Waals surface area contributed by atoms with Crippen LogP contribution < -0.4 is 0 Å². The van der Waals surface area contributed by atoms with Crippen LogP contribution in [-0.2, 0) is 6.54 Å². The van der Waals surface area contributed by atoms with Crippen molar-refractivity contribution >= 4 is 21.4 Å². The summed E-state index contributed by atoms with van der Waals surface area (Å²) < 4.78 is 1.31. The van der Waals surface area contributed by atoms with E-state index in [0.29, 0.717) is 11.4 Å². The van der Waals surface area contributed by atoms with Gasteiger partial charge in [-0.25, -0.2) is 0 Å². The maximum atomic E-state index is 11.0. The molecular formula is C22H19N3OS. The molecule has 0 radical (unpaired) electrons. The molecule has 27 heavy (non-hydrogen) atoms. The average molecular weight is 373 g/mol. The summed E-state index contributed by atoms with van der Waals surface area (Å²) in [6.45, 7) is 1.67. The first kappa shape index (κ1) is 16.4. The Balaban J connectivity index is 1.64. The molecule has 0 spiro atoms. The van der Waals surface area contributed by atoms with Crippen molar-refractivity contribution in [3.63, 3.8) is 0 Å². The highest BCUT2D eigenvalue weighted by Gasteiger charge is 2.28. The molecule has 5 heteroatoms. The Bertz CT molecular complexity index is 1120. The summed E-state index contributed by atoms with van der Waals surface area (Å²) in [6.07, 6.45) is 4.99. The second-order valence-electron chi connectivity index (χ2n) is 7.09. The summed E-state index contributed by atoms with van der Waals surface area (Å²) in [5.41, 5.74) is 4.92. The lowest BCUT2D eigenvalue weighted by Gasteiger charge is -2.33. The fourth-order valence-corrected chi connectivity index (χ4v) is 4.84. The Morgan fingerprint density at radius 3 is 2.93 bits per heavy atom. The molecule has 1 aliphatic heterocycles. The lowest BCUT2D eigenvalue weighted by Crippen LogP contribution is -2.31. The molecule has 1 unspecified atom stereocenters. The van der Waals surface area contributed by atoms with E-state index in [4.69, 9.17) is 0 Å². The van der Waals surface area contributed by atoms with E-state index in [1.807, 2.05) is 6.07 Å². The summed E-state index contributed by atoms with van der Waals surface area (Å²) in [5.74, 6) is 0.564. The van der Waals surface area contributed by atoms with Gasteiger partial charge in [0.05, 0.1) is 11.9 Å². The normalized spacial score (nSPS) is 17.1. The zero-order chi connectivity index (χ0) is 18.4. The number of rotatable bonds is 2. The number of phenols is 1. The summed E-state index contributed by atoms with van der Waals surface area (Å²) in [4.78, 5) is 10.8. The van der Waals surface area contributed by atoms with Crippen LogP contribution in [0.2, 0.25) is 0 Å². The van der Waals surface area contributed by atoms with Crippen LogP contribution in [0.4, 0.5) is 0 Å². The summed E-state index contributed by atoms with van der Waals surface area (Å²) in [7, 11) is 2.11. The topological polar surface area (TPSA) is 49.2 Å². The molecule has 1 atom stereocenters. The number of aromatic nitrogens is 2. The van der Waals surface area contributed by atoms with Gasteiger partial charge in [-0.2, -0.15) is 0 Å². The van der Waals surface area contributed by atoms with E-state index in [1.165, 1.54) is 21.2 Å². The van der Waals surface area contributed by atoms with Gasteiger partial charge < -0.3 is 10.0 Å². The van der Waals surface area contributed by atoms with Gasteiger partial charge in [0, 0.05) is 47.2 Å². The smallest absolute Gasteiger partial charge is 0.129 e. The quantitative estimate of drug-likeness (QED) is 0.556. The molecule has 134 valence electrons. The molecule has 0 amide bonds. The molecule has 0 bridgehead atoms. The zero-order valence-corrected chi connectivity index (χ0v) is 15.8. The van der Waals surface area contributed by atoms with Crippen LogP contribution >= 0.6 is 11.3 Å². The van der Waals surface area contributed by atoms with Crippen molar-refractivity contribution in [3.05, 3.63) is 77.1 Å². The van der Waals surface area contributed by atoms with Crippen LogP contribution in [0.3, 0.4) is 0 Å². The first-order valence-electron chi connectivity index (χ1n) is 8.97. The number of likely N-dealkylation sites (N-methyl/N-ethyl adjacent to an activating group) is 1. The zero-order valence-electron chi connectivity index (χ0n) is 15.0. The van der Waals surface area contributed by atoms with Crippen molar-refractivity contribution in [1.82, 2.24) is 14.9 Å². The predicted molar refractivity (Wildman–Crippen MR) is 109 cm³/mol. The standard InChI is InChI=1S/C22H19N3OS/c1-25-12-18(15-3-2-14-6-9-27-21(14)10-15)16-4-5-17(22(26)19(16)13-25)20-11-23-7-8-24-20/h2-11,18,26H,12-13H2,1H3. The molecule has 2 aromatic carbocycles. The van der Waals surface area contributed by atoms with Gasteiger partial charge in [-0.15, -0.1) is 11.3 Å². The largest absolute Gasteiger partial charge is 0.507 e. The predicted octanol–water partition coefficient (Wildman–Crippen LogP) is 4.64. The van der Waals surface area contributed by atoms with Gasteiger partial charge in [-0.3, -0.25) is 9.97 Å². The third-order valence-electron chi connectivity index (χ3n) is 5.34. The first-order valence-corrected chi connectivity index (χ1v) is 9.85. The molecule has 0 saturated carbocycles. The van der Waals surface area contributed by atoms with E-state index in [2.05, 4.69) is 57.6 Å². The Hall–Kier alpha value is -2.76. The number of hydrogen-bond acceptors (Lipinski definition) is 5. The van der Waals surface area contributed by atoms with Gasteiger partial charge >= 0.3 is 0 Å². The maximum absolute atomic E-state index is 11.0. The van der Waals surface area contributed by atoms with Crippen LogP contribution in [0.15, 0.2) is 60.4 Å². The second kappa shape index (κ2) is 6.44. The Kier molecular flexibility index (Phi) is 3.92. The second-order valence-corrected chi connectivity index (χ2v) is 8.04. The van der Waals surface area contributed by atoms with Crippen molar-refractivity contribution < 1.29 is 5.11 Å². The molecule has 0 fully saturated rings. The number of aromatic hydroxyl groups is 1. The number of thiophene rings is 1. The molecule has 0 aliphatic carbocycles. The number of fused-ring (bicyclic) bond motifs is 2. The van der Waals surface area contributed by atoms with E-state index in [0.717, 1.165) is 24.2 Å². The fraction of sp³-hybridized carbons (Fsp3) is 0.182. The van der Waals surface area contributed by atoms with Crippen molar-refractivity contribution in [2.45, 2.75) is 12.5 Å². The first-order chi connectivity index (χ1) is 13.2. The highest BCUT2D eigenvalue weighted by molar-refractivity contribution is 7.17. The Morgan fingerprint density at radius 2 is 2.07 bits per heavy atom. The van der Waals surface area contributed by atoms with Crippen LogP contribution in [0.25, 0.3) is 21.3 Å². The molecule has 2 aromatic heterocycles. The van der Waals surface area contributed by atoms with Gasteiger partial charge in [-0.05, 0) is 47.1 Å². The van der Waals surface area contributed by atoms with E-state index in [-0.39, 0.29) is 5.92 Å². The van der Waals surface area contributed by atoms with Crippen LogP contribution in [0.5, 0.6) is 5.75 Å². The third kappa shape index (κ3) is 2.80. The van der Waals surface area contributed by atoms with Crippen molar-refractivity contribution in [1.29, 1.82) is 0 Å². The van der Waals surface area contributed by atoms with Crippen LogP contribution in [0, 0.1) is 0 Å². The van der Waals surface area contributed by atoms with E-state index >= 15 is 0 Å². The number of hydrogen-bond donors (Lipinski definition) is 1. The molecule has 1 aliphatic rings.